The lowest BCUT2D eigenvalue weighted by Crippen LogP contribution is -2.33. The molecule has 0 radical (unpaired) electrons. The van der Waals surface area contributed by atoms with Gasteiger partial charge in [0, 0.05) is 43.9 Å². The van der Waals surface area contributed by atoms with Gasteiger partial charge in [-0.1, -0.05) is 119 Å². The molecule has 1 aliphatic rings. The van der Waals surface area contributed by atoms with E-state index in [1.165, 1.54) is 56.5 Å². The lowest BCUT2D eigenvalue weighted by molar-refractivity contribution is 0.332. The highest BCUT2D eigenvalue weighted by atomic mass is 16.3. The number of benzene rings is 7. The molecule has 5 heteroatoms. The van der Waals surface area contributed by atoms with Gasteiger partial charge in [-0.3, -0.25) is 0 Å². The minimum atomic E-state index is 0.0895. The molecule has 1 aliphatic carbocycles. The van der Waals surface area contributed by atoms with Crippen LogP contribution < -0.4 is 0 Å². The Morgan fingerprint density at radius 1 is 0.482 bits per heavy atom. The van der Waals surface area contributed by atoms with Crippen LogP contribution in [0.15, 0.2) is 150 Å². The number of para-hydroxylation sites is 1. The van der Waals surface area contributed by atoms with Gasteiger partial charge in [-0.15, -0.1) is 0 Å². The highest BCUT2D eigenvalue weighted by molar-refractivity contribution is 6.21. The first-order chi connectivity index (χ1) is 27.2. The van der Waals surface area contributed by atoms with Crippen molar-refractivity contribution in [1.29, 1.82) is 0 Å². The fourth-order valence-corrected chi connectivity index (χ4v) is 9.19. The van der Waals surface area contributed by atoms with Gasteiger partial charge in [-0.05, 0) is 100 Å². The molecule has 270 valence electrons. The number of hydrogen-bond acceptors (Lipinski definition) is 4. The van der Waals surface area contributed by atoms with Crippen LogP contribution in [0.4, 0.5) is 0 Å². The Hall–Kier alpha value is -6.59. The molecule has 0 fully saturated rings. The third kappa shape index (κ3) is 4.97. The summed E-state index contributed by atoms with van der Waals surface area (Å²) in [5.74, 6) is 1.86. The smallest absolute Gasteiger partial charge is 0.164 e. The molecule has 11 rings (SSSR count). The molecule has 0 saturated carbocycles. The van der Waals surface area contributed by atoms with E-state index in [4.69, 9.17) is 19.4 Å². The molecule has 7 aromatic carbocycles. The first-order valence-electron chi connectivity index (χ1n) is 19.6. The molecule has 5 nitrogen and oxygen atoms in total. The van der Waals surface area contributed by atoms with Gasteiger partial charge >= 0.3 is 0 Å². The van der Waals surface area contributed by atoms with E-state index in [0.717, 1.165) is 44.3 Å². The lowest BCUT2D eigenvalue weighted by Gasteiger charge is -2.42. The van der Waals surface area contributed by atoms with Crippen molar-refractivity contribution in [3.8, 4) is 39.9 Å². The monoisotopic (exact) mass is 724 g/mol. The third-order valence-corrected chi connectivity index (χ3v) is 12.3. The minimum Gasteiger partial charge on any atom is -0.456 e. The summed E-state index contributed by atoms with van der Waals surface area (Å²) in [6, 6.07) is 51.5. The van der Waals surface area contributed by atoms with Crippen molar-refractivity contribution < 1.29 is 4.42 Å². The minimum absolute atomic E-state index is 0.0895. The van der Waals surface area contributed by atoms with Gasteiger partial charge in [-0.2, -0.15) is 0 Å². The summed E-state index contributed by atoms with van der Waals surface area (Å²) < 4.78 is 8.71. The van der Waals surface area contributed by atoms with Crippen molar-refractivity contribution in [3.05, 3.63) is 157 Å². The van der Waals surface area contributed by atoms with Gasteiger partial charge in [0.05, 0.1) is 11.0 Å². The van der Waals surface area contributed by atoms with Crippen LogP contribution in [0.1, 0.15) is 51.7 Å². The molecule has 0 saturated heterocycles. The van der Waals surface area contributed by atoms with Crippen LogP contribution in [-0.2, 0) is 10.8 Å². The summed E-state index contributed by atoms with van der Waals surface area (Å²) in [6.45, 7) is 9.64. The van der Waals surface area contributed by atoms with E-state index in [-0.39, 0.29) is 10.8 Å². The van der Waals surface area contributed by atoms with Crippen LogP contribution in [0, 0.1) is 0 Å². The van der Waals surface area contributed by atoms with E-state index in [0.29, 0.717) is 17.5 Å². The maximum absolute atomic E-state index is 6.26. The predicted molar refractivity (Wildman–Crippen MR) is 231 cm³/mol. The Kier molecular flexibility index (Phi) is 7.00. The van der Waals surface area contributed by atoms with E-state index < -0.39 is 0 Å². The van der Waals surface area contributed by atoms with Gasteiger partial charge in [0.2, 0.25) is 0 Å². The molecule has 0 bridgehead atoms. The lowest BCUT2D eigenvalue weighted by atomic mass is 9.63. The van der Waals surface area contributed by atoms with Gasteiger partial charge in [0.25, 0.3) is 0 Å². The zero-order chi connectivity index (χ0) is 37.8. The second-order valence-electron chi connectivity index (χ2n) is 16.7. The average Bonchev–Trinajstić information content (AvgIpc) is 3.78. The van der Waals surface area contributed by atoms with Gasteiger partial charge in [-0.25, -0.2) is 15.0 Å². The van der Waals surface area contributed by atoms with Crippen molar-refractivity contribution in [3.63, 3.8) is 0 Å². The highest BCUT2D eigenvalue weighted by Crippen LogP contribution is 2.49. The molecular weight excluding hydrogens is 685 g/mol. The van der Waals surface area contributed by atoms with Crippen molar-refractivity contribution in [1.82, 2.24) is 19.5 Å². The molecule has 10 aromatic rings. The Labute approximate surface area is 325 Å². The zero-order valence-electron chi connectivity index (χ0n) is 32.0. The van der Waals surface area contributed by atoms with E-state index in [1.807, 2.05) is 60.7 Å². The van der Waals surface area contributed by atoms with Crippen molar-refractivity contribution in [2.45, 2.75) is 51.4 Å². The summed E-state index contributed by atoms with van der Waals surface area (Å²) >= 11 is 0. The summed E-state index contributed by atoms with van der Waals surface area (Å²) in [5, 5.41) is 7.19. The van der Waals surface area contributed by atoms with Crippen LogP contribution in [-0.4, -0.2) is 19.5 Å². The Morgan fingerprint density at radius 3 is 1.88 bits per heavy atom. The molecular formula is C51H40N4O. The van der Waals surface area contributed by atoms with Crippen molar-refractivity contribution >= 4 is 54.5 Å². The fourth-order valence-electron chi connectivity index (χ4n) is 9.19. The first-order valence-corrected chi connectivity index (χ1v) is 19.6. The number of aromatic nitrogens is 4. The molecule has 3 heterocycles. The molecule has 3 aromatic heterocycles. The van der Waals surface area contributed by atoms with Crippen LogP contribution in [0.2, 0.25) is 0 Å². The second-order valence-corrected chi connectivity index (χ2v) is 16.7. The standard InChI is InChI=1S/C51H40N4O/c1-50(2)27-28-51(3,4)40-30-42-38(29-39(40)50)45-35-16-9-8-13-31(35)23-26-41(45)55(42)34-24-21-33(22-25-34)48-52-47(32-14-6-5-7-15-32)53-49(54-48)37-18-12-20-44-46(37)36-17-10-11-19-43(36)56-44/h5-26,29-30H,27-28H2,1-4H3. The van der Waals surface area contributed by atoms with Crippen LogP contribution in [0.5, 0.6) is 0 Å². The second kappa shape index (κ2) is 12.0. The van der Waals surface area contributed by atoms with Gasteiger partial charge in [0.1, 0.15) is 11.2 Å². The quantitative estimate of drug-likeness (QED) is 0.181. The summed E-state index contributed by atoms with van der Waals surface area (Å²) in [5.41, 5.74) is 11.1. The van der Waals surface area contributed by atoms with Crippen molar-refractivity contribution in [2.24, 2.45) is 0 Å². The van der Waals surface area contributed by atoms with Gasteiger partial charge < -0.3 is 8.98 Å². The number of fused-ring (bicyclic) bond motifs is 9. The molecule has 0 atom stereocenters. The number of furan rings is 1. The Bertz CT molecular complexity index is 3190. The molecule has 0 spiro atoms. The number of nitrogens with zero attached hydrogens (tertiary/aromatic N) is 4. The fraction of sp³-hybridized carbons (Fsp3) is 0.157. The normalized spacial score (nSPS) is 14.9. The molecule has 0 aliphatic heterocycles. The Morgan fingerprint density at radius 2 is 1.11 bits per heavy atom. The summed E-state index contributed by atoms with van der Waals surface area (Å²) in [4.78, 5) is 15.3. The van der Waals surface area contributed by atoms with Crippen LogP contribution >= 0.6 is 0 Å². The maximum atomic E-state index is 6.26. The van der Waals surface area contributed by atoms with E-state index in [2.05, 4.69) is 117 Å². The topological polar surface area (TPSA) is 56.7 Å². The third-order valence-electron chi connectivity index (χ3n) is 12.3. The number of rotatable bonds is 4. The van der Waals surface area contributed by atoms with Gasteiger partial charge in [0.15, 0.2) is 17.5 Å². The average molecular weight is 725 g/mol. The zero-order valence-corrected chi connectivity index (χ0v) is 32.0. The largest absolute Gasteiger partial charge is 0.456 e. The molecule has 0 amide bonds. The van der Waals surface area contributed by atoms with Crippen molar-refractivity contribution in [2.75, 3.05) is 0 Å². The Balaban J connectivity index is 1.11. The SMILES string of the molecule is CC1(C)CCC(C)(C)c2cc3c(cc21)c1c2ccccc2ccc1n3-c1ccc(-c2nc(-c3ccccc3)nc(-c3cccc4oc5ccccc5c34)n2)cc1. The van der Waals surface area contributed by atoms with Crippen LogP contribution in [0.25, 0.3) is 94.4 Å². The van der Waals surface area contributed by atoms with Crippen LogP contribution in [0.3, 0.4) is 0 Å². The van der Waals surface area contributed by atoms with E-state index >= 15 is 0 Å². The molecule has 0 unspecified atom stereocenters. The summed E-state index contributed by atoms with van der Waals surface area (Å²) in [7, 11) is 0. The molecule has 56 heavy (non-hydrogen) atoms. The maximum Gasteiger partial charge on any atom is 0.164 e. The molecule has 0 N–H and O–H groups in total. The summed E-state index contributed by atoms with van der Waals surface area (Å²) in [6.07, 6.45) is 2.35. The highest BCUT2D eigenvalue weighted by Gasteiger charge is 2.38. The predicted octanol–water partition coefficient (Wildman–Crippen LogP) is 13.4. The van der Waals surface area contributed by atoms with E-state index in [9.17, 15) is 0 Å². The first kappa shape index (κ1) is 32.8. The number of hydrogen-bond donors (Lipinski definition) is 0. The van der Waals surface area contributed by atoms with E-state index in [1.54, 1.807) is 0 Å².